The number of carbonyl (C=O) groups excluding carboxylic acids is 1. The number of aryl methyl sites for hydroxylation is 1. The van der Waals surface area contributed by atoms with E-state index in [1.54, 1.807) is 0 Å². The predicted molar refractivity (Wildman–Crippen MR) is 100 cm³/mol. The molecule has 0 bridgehead atoms. The van der Waals surface area contributed by atoms with Gasteiger partial charge in [0.05, 0.1) is 6.42 Å². The molecule has 0 saturated carbocycles. The molecule has 1 aromatic heterocycles. The van der Waals surface area contributed by atoms with Crippen LogP contribution < -0.4 is 5.32 Å². The van der Waals surface area contributed by atoms with Gasteiger partial charge in [0.2, 0.25) is 5.91 Å². The molecule has 0 spiro atoms. The van der Waals surface area contributed by atoms with Crippen molar-refractivity contribution >= 4 is 34.4 Å². The molecule has 0 radical (unpaired) electrons. The number of aliphatic carboxylic acids is 1. The molecule has 5 nitrogen and oxygen atoms in total. The molecule has 0 unspecified atom stereocenters. The molecule has 0 saturated heterocycles. The van der Waals surface area contributed by atoms with Gasteiger partial charge in [-0.15, -0.1) is 0 Å². The molecule has 0 aliphatic heterocycles. The van der Waals surface area contributed by atoms with Crippen LogP contribution in [-0.4, -0.2) is 28.1 Å². The van der Waals surface area contributed by atoms with Crippen LogP contribution in [0.2, 0.25) is 5.02 Å². The zero-order valence-corrected chi connectivity index (χ0v) is 15.5. The Morgan fingerprint density at radius 3 is 2.68 bits per heavy atom. The topological polar surface area (TPSA) is 71.3 Å². The van der Waals surface area contributed by atoms with E-state index in [0.29, 0.717) is 24.4 Å². The van der Waals surface area contributed by atoms with Crippen LogP contribution in [0.25, 0.3) is 10.9 Å². The van der Waals surface area contributed by atoms with E-state index in [0.717, 1.165) is 41.5 Å². The summed E-state index contributed by atoms with van der Waals surface area (Å²) in [5, 5.41) is 13.2. The van der Waals surface area contributed by atoms with Crippen molar-refractivity contribution in [3.63, 3.8) is 0 Å². The zero-order valence-electron chi connectivity index (χ0n) is 14.8. The molecule has 6 heteroatoms. The van der Waals surface area contributed by atoms with Gasteiger partial charge < -0.3 is 15.0 Å². The average molecular weight is 365 g/mol. The second kappa shape index (κ2) is 8.90. The SMILES string of the molecule is CCn1c(C)c(CC(=O)NCCCCCC(=O)O)c2cc(Cl)ccc21. The zero-order chi connectivity index (χ0) is 18.4. The number of fused-ring (bicyclic) bond motifs is 1. The fourth-order valence-electron chi connectivity index (χ4n) is 3.18. The molecular formula is C19H25ClN2O3. The van der Waals surface area contributed by atoms with E-state index >= 15 is 0 Å². The van der Waals surface area contributed by atoms with E-state index in [2.05, 4.69) is 16.8 Å². The Morgan fingerprint density at radius 1 is 1.24 bits per heavy atom. The lowest BCUT2D eigenvalue weighted by molar-refractivity contribution is -0.137. The summed E-state index contributed by atoms with van der Waals surface area (Å²) in [6.45, 7) is 5.54. The van der Waals surface area contributed by atoms with Gasteiger partial charge in [0.25, 0.3) is 0 Å². The Kier molecular flexibility index (Phi) is 6.88. The number of halogens is 1. The van der Waals surface area contributed by atoms with Crippen molar-refractivity contribution in [3.8, 4) is 0 Å². The van der Waals surface area contributed by atoms with Crippen LogP contribution in [0.4, 0.5) is 0 Å². The van der Waals surface area contributed by atoms with Crippen LogP contribution >= 0.6 is 11.6 Å². The number of rotatable bonds is 9. The Hall–Kier alpha value is -2.01. The fourth-order valence-corrected chi connectivity index (χ4v) is 3.36. The van der Waals surface area contributed by atoms with Crippen molar-refractivity contribution in [2.24, 2.45) is 0 Å². The van der Waals surface area contributed by atoms with Gasteiger partial charge in [0, 0.05) is 41.1 Å². The molecule has 2 aromatic rings. The molecule has 2 rings (SSSR count). The normalized spacial score (nSPS) is 11.0. The van der Waals surface area contributed by atoms with Crippen molar-refractivity contribution < 1.29 is 14.7 Å². The first-order valence-electron chi connectivity index (χ1n) is 8.69. The van der Waals surface area contributed by atoms with Gasteiger partial charge in [0.15, 0.2) is 0 Å². The van der Waals surface area contributed by atoms with Crippen LogP contribution in [0.1, 0.15) is 43.9 Å². The average Bonchev–Trinajstić information content (AvgIpc) is 2.81. The number of carboxylic acid groups (broad SMARTS) is 1. The Balaban J connectivity index is 1.98. The fraction of sp³-hybridized carbons (Fsp3) is 0.474. The molecular weight excluding hydrogens is 340 g/mol. The lowest BCUT2D eigenvalue weighted by Crippen LogP contribution is -2.26. The van der Waals surface area contributed by atoms with Crippen LogP contribution in [0.15, 0.2) is 18.2 Å². The molecule has 0 fully saturated rings. The summed E-state index contributed by atoms with van der Waals surface area (Å²) in [5.41, 5.74) is 3.21. The lowest BCUT2D eigenvalue weighted by Gasteiger charge is -2.07. The van der Waals surface area contributed by atoms with E-state index in [4.69, 9.17) is 16.7 Å². The highest BCUT2D eigenvalue weighted by Gasteiger charge is 2.16. The van der Waals surface area contributed by atoms with E-state index in [9.17, 15) is 9.59 Å². The quantitative estimate of drug-likeness (QED) is 0.662. The van der Waals surface area contributed by atoms with Crippen LogP contribution in [-0.2, 0) is 22.6 Å². The number of carbonyl (C=O) groups is 2. The summed E-state index contributed by atoms with van der Waals surface area (Å²) in [4.78, 5) is 22.7. The van der Waals surface area contributed by atoms with E-state index < -0.39 is 5.97 Å². The standard InChI is InChI=1S/C19H25ClN2O3/c1-3-22-13(2)15(16-11-14(20)8-9-17(16)22)12-18(23)21-10-6-4-5-7-19(24)25/h8-9,11H,3-7,10,12H2,1-2H3,(H,21,23)(H,24,25). The number of nitrogens with one attached hydrogen (secondary N) is 1. The number of aromatic nitrogens is 1. The van der Waals surface area contributed by atoms with Crippen molar-refractivity contribution in [3.05, 3.63) is 34.5 Å². The lowest BCUT2D eigenvalue weighted by atomic mass is 10.1. The first-order chi connectivity index (χ1) is 11.9. The van der Waals surface area contributed by atoms with Crippen LogP contribution in [0.5, 0.6) is 0 Å². The Morgan fingerprint density at radius 2 is 2.00 bits per heavy atom. The van der Waals surface area contributed by atoms with Crippen LogP contribution in [0, 0.1) is 6.92 Å². The van der Waals surface area contributed by atoms with Gasteiger partial charge in [-0.1, -0.05) is 18.0 Å². The maximum absolute atomic E-state index is 12.3. The van der Waals surface area contributed by atoms with E-state index in [1.165, 1.54) is 0 Å². The van der Waals surface area contributed by atoms with Gasteiger partial charge in [-0.3, -0.25) is 9.59 Å². The maximum atomic E-state index is 12.3. The van der Waals surface area contributed by atoms with Crippen LogP contribution in [0.3, 0.4) is 0 Å². The van der Waals surface area contributed by atoms with Gasteiger partial charge >= 0.3 is 5.97 Å². The third-order valence-corrected chi connectivity index (χ3v) is 4.69. The second-order valence-corrected chi connectivity index (χ2v) is 6.64. The number of amides is 1. The molecule has 1 amide bonds. The van der Waals surface area contributed by atoms with Crippen molar-refractivity contribution in [2.45, 2.75) is 52.5 Å². The van der Waals surface area contributed by atoms with Gasteiger partial charge in [0.1, 0.15) is 0 Å². The maximum Gasteiger partial charge on any atom is 0.303 e. The first-order valence-corrected chi connectivity index (χ1v) is 9.07. The number of benzene rings is 1. The molecule has 136 valence electrons. The highest BCUT2D eigenvalue weighted by Crippen LogP contribution is 2.29. The molecule has 1 heterocycles. The predicted octanol–water partition coefficient (Wildman–Crippen LogP) is 3.93. The van der Waals surface area contributed by atoms with Gasteiger partial charge in [-0.05, 0) is 50.5 Å². The minimum atomic E-state index is -0.773. The largest absolute Gasteiger partial charge is 0.481 e. The first kappa shape index (κ1) is 19.3. The summed E-state index contributed by atoms with van der Waals surface area (Å²) >= 11 is 6.13. The summed E-state index contributed by atoms with van der Waals surface area (Å²) in [6.07, 6.45) is 2.75. The van der Waals surface area contributed by atoms with Crippen molar-refractivity contribution in [2.75, 3.05) is 6.54 Å². The number of unbranched alkanes of at least 4 members (excludes halogenated alkanes) is 2. The third kappa shape index (κ3) is 4.98. The molecule has 1 aromatic carbocycles. The summed E-state index contributed by atoms with van der Waals surface area (Å²) in [6, 6.07) is 5.79. The molecule has 0 atom stereocenters. The monoisotopic (exact) mass is 364 g/mol. The minimum absolute atomic E-state index is 0.0172. The molecule has 2 N–H and O–H groups in total. The Bertz CT molecular complexity index is 768. The minimum Gasteiger partial charge on any atom is -0.481 e. The summed E-state index contributed by atoms with van der Waals surface area (Å²) in [7, 11) is 0. The molecule has 25 heavy (non-hydrogen) atoms. The van der Waals surface area contributed by atoms with Gasteiger partial charge in [-0.2, -0.15) is 0 Å². The highest BCUT2D eigenvalue weighted by atomic mass is 35.5. The molecule has 0 aliphatic rings. The van der Waals surface area contributed by atoms with Gasteiger partial charge in [-0.25, -0.2) is 0 Å². The number of hydrogen-bond donors (Lipinski definition) is 2. The Labute approximate surface area is 153 Å². The summed E-state index contributed by atoms with van der Waals surface area (Å²) in [5.74, 6) is -0.790. The van der Waals surface area contributed by atoms with E-state index in [1.807, 2.05) is 25.1 Å². The van der Waals surface area contributed by atoms with Crippen molar-refractivity contribution in [1.29, 1.82) is 0 Å². The number of nitrogens with zero attached hydrogens (tertiary/aromatic N) is 1. The second-order valence-electron chi connectivity index (χ2n) is 6.20. The van der Waals surface area contributed by atoms with E-state index in [-0.39, 0.29) is 12.3 Å². The number of carboxylic acids is 1. The summed E-state index contributed by atoms with van der Waals surface area (Å²) < 4.78 is 2.19. The number of hydrogen-bond acceptors (Lipinski definition) is 2. The smallest absolute Gasteiger partial charge is 0.303 e. The highest BCUT2D eigenvalue weighted by molar-refractivity contribution is 6.31. The molecule has 0 aliphatic carbocycles. The third-order valence-electron chi connectivity index (χ3n) is 4.46. The van der Waals surface area contributed by atoms with Crippen molar-refractivity contribution in [1.82, 2.24) is 9.88 Å².